The van der Waals surface area contributed by atoms with Crippen LogP contribution < -0.4 is 4.90 Å². The number of likely N-dealkylation sites (N-methyl/N-ethyl adjacent to an activating group) is 1. The van der Waals surface area contributed by atoms with Gasteiger partial charge in [-0.05, 0) is 30.7 Å². The molecule has 0 saturated heterocycles. The first-order valence-corrected chi connectivity index (χ1v) is 8.27. The average Bonchev–Trinajstić information content (AvgIpc) is 2.87. The van der Waals surface area contributed by atoms with Gasteiger partial charge in [0.05, 0.1) is 11.8 Å². The molecule has 2 atom stereocenters. The molecule has 0 aliphatic carbocycles. The molecular formula is C19H19NOS. The van der Waals surface area contributed by atoms with Crippen LogP contribution in [0, 0.1) is 11.8 Å². The Balaban J connectivity index is 2.04. The zero-order chi connectivity index (χ0) is 15.6. The van der Waals surface area contributed by atoms with Crippen molar-refractivity contribution in [3.63, 3.8) is 0 Å². The van der Waals surface area contributed by atoms with Crippen molar-refractivity contribution in [2.45, 2.75) is 29.2 Å². The van der Waals surface area contributed by atoms with Crippen LogP contribution in [0.3, 0.4) is 0 Å². The quantitative estimate of drug-likeness (QED) is 0.855. The number of aliphatic hydroxyl groups is 1. The van der Waals surface area contributed by atoms with Gasteiger partial charge in [0, 0.05) is 17.5 Å². The Morgan fingerprint density at radius 3 is 2.50 bits per heavy atom. The number of nitrogens with zero attached hydrogens (tertiary/aromatic N) is 1. The number of rotatable bonds is 2. The van der Waals surface area contributed by atoms with Gasteiger partial charge in [0.25, 0.3) is 0 Å². The minimum atomic E-state index is -0.631. The van der Waals surface area contributed by atoms with E-state index in [1.807, 2.05) is 56.4 Å². The molecule has 0 fully saturated rings. The minimum absolute atomic E-state index is 0.522. The molecule has 0 unspecified atom stereocenters. The summed E-state index contributed by atoms with van der Waals surface area (Å²) in [4.78, 5) is 2.64. The highest BCUT2D eigenvalue weighted by molar-refractivity contribution is 8.01. The molecule has 3 rings (SSSR count). The van der Waals surface area contributed by atoms with Gasteiger partial charge < -0.3 is 10.0 Å². The smallest absolute Gasteiger partial charge is 0.179 e. The fraction of sp³-hybridized carbons (Fsp3) is 0.263. The highest BCUT2D eigenvalue weighted by Gasteiger charge is 2.46. The van der Waals surface area contributed by atoms with E-state index in [0.717, 1.165) is 11.3 Å². The molecule has 22 heavy (non-hydrogen) atoms. The van der Waals surface area contributed by atoms with Crippen molar-refractivity contribution in [3.05, 3.63) is 60.2 Å². The van der Waals surface area contributed by atoms with Gasteiger partial charge in [0.2, 0.25) is 0 Å². The van der Waals surface area contributed by atoms with E-state index >= 15 is 0 Å². The van der Waals surface area contributed by atoms with Crippen LogP contribution in [0.25, 0.3) is 0 Å². The van der Waals surface area contributed by atoms with Crippen LogP contribution in [0.1, 0.15) is 18.9 Å². The molecule has 1 N–H and O–H groups in total. The SMILES string of the molecule is CC[C@H](O)[C@]1(C#Cc2ccccc2)Sc2ccccc2N1C. The third-order valence-electron chi connectivity index (χ3n) is 3.99. The van der Waals surface area contributed by atoms with Gasteiger partial charge in [0.15, 0.2) is 4.87 Å². The summed E-state index contributed by atoms with van der Waals surface area (Å²) >= 11 is 1.65. The highest BCUT2D eigenvalue weighted by Crippen LogP contribution is 2.51. The second-order valence-corrected chi connectivity index (χ2v) is 6.63. The lowest BCUT2D eigenvalue weighted by Crippen LogP contribution is -2.49. The molecule has 0 spiro atoms. The number of hydrogen-bond donors (Lipinski definition) is 1. The standard InChI is InChI=1S/C19H19NOS/c1-3-18(21)19(14-13-15-9-5-4-6-10-15)20(2)16-11-7-8-12-17(16)22-19/h4-12,18,21H,3H2,1-2H3/t18-,19-/m0/s1. The maximum atomic E-state index is 10.7. The fourth-order valence-corrected chi connectivity index (χ4v) is 4.11. The molecular weight excluding hydrogens is 290 g/mol. The third-order valence-corrected chi connectivity index (χ3v) is 5.51. The van der Waals surface area contributed by atoms with Crippen LogP contribution in [0.2, 0.25) is 0 Å². The van der Waals surface area contributed by atoms with Crippen LogP contribution in [-0.2, 0) is 0 Å². The number of benzene rings is 2. The van der Waals surface area contributed by atoms with Crippen molar-refractivity contribution in [1.29, 1.82) is 0 Å². The number of aliphatic hydroxyl groups excluding tert-OH is 1. The highest BCUT2D eigenvalue weighted by atomic mass is 32.2. The van der Waals surface area contributed by atoms with Crippen LogP contribution in [0.5, 0.6) is 0 Å². The van der Waals surface area contributed by atoms with Gasteiger partial charge in [-0.15, -0.1) is 0 Å². The van der Waals surface area contributed by atoms with Gasteiger partial charge in [-0.3, -0.25) is 0 Å². The Morgan fingerprint density at radius 2 is 1.82 bits per heavy atom. The lowest BCUT2D eigenvalue weighted by molar-refractivity contribution is 0.146. The Hall–Kier alpha value is -1.89. The van der Waals surface area contributed by atoms with Crippen LogP contribution in [0.15, 0.2) is 59.5 Å². The van der Waals surface area contributed by atoms with Crippen LogP contribution in [0.4, 0.5) is 5.69 Å². The summed E-state index contributed by atoms with van der Waals surface area (Å²) in [6.07, 6.45) is 0.139. The van der Waals surface area contributed by atoms with E-state index in [0.29, 0.717) is 6.42 Å². The summed E-state index contributed by atoms with van der Waals surface area (Å²) in [5, 5.41) is 10.7. The zero-order valence-electron chi connectivity index (χ0n) is 12.8. The average molecular weight is 309 g/mol. The Labute approximate surface area is 136 Å². The topological polar surface area (TPSA) is 23.5 Å². The zero-order valence-corrected chi connectivity index (χ0v) is 13.6. The number of thioether (sulfide) groups is 1. The van der Waals surface area contributed by atoms with Crippen LogP contribution >= 0.6 is 11.8 Å². The normalized spacial score (nSPS) is 21.0. The predicted octanol–water partition coefficient (Wildman–Crippen LogP) is 3.75. The molecule has 0 bridgehead atoms. The Kier molecular flexibility index (Phi) is 4.15. The number of para-hydroxylation sites is 1. The summed E-state index contributed by atoms with van der Waals surface area (Å²) in [5.41, 5.74) is 2.09. The van der Waals surface area contributed by atoms with E-state index < -0.39 is 11.0 Å². The monoisotopic (exact) mass is 309 g/mol. The molecule has 1 heterocycles. The van der Waals surface area contributed by atoms with Gasteiger partial charge in [-0.25, -0.2) is 0 Å². The fourth-order valence-electron chi connectivity index (χ4n) is 2.68. The number of fused-ring (bicyclic) bond motifs is 1. The second kappa shape index (κ2) is 6.08. The Morgan fingerprint density at radius 1 is 1.14 bits per heavy atom. The van der Waals surface area contributed by atoms with E-state index in [9.17, 15) is 5.11 Å². The van der Waals surface area contributed by atoms with Crippen molar-refractivity contribution >= 4 is 17.4 Å². The van der Waals surface area contributed by atoms with E-state index in [1.165, 1.54) is 4.90 Å². The van der Waals surface area contributed by atoms with Crippen molar-refractivity contribution in [1.82, 2.24) is 0 Å². The number of anilines is 1. The molecule has 0 aromatic heterocycles. The van der Waals surface area contributed by atoms with Crippen molar-refractivity contribution in [2.24, 2.45) is 0 Å². The molecule has 0 radical (unpaired) electrons. The van der Waals surface area contributed by atoms with E-state index in [4.69, 9.17) is 0 Å². The molecule has 3 heteroatoms. The molecule has 1 aliphatic heterocycles. The Bertz CT molecular complexity index is 719. The molecule has 112 valence electrons. The maximum Gasteiger partial charge on any atom is 0.179 e. The minimum Gasteiger partial charge on any atom is -0.389 e. The predicted molar refractivity (Wildman–Crippen MR) is 93.1 cm³/mol. The van der Waals surface area contributed by atoms with E-state index in [2.05, 4.69) is 28.9 Å². The summed E-state index contributed by atoms with van der Waals surface area (Å²) < 4.78 is 0. The first-order valence-electron chi connectivity index (χ1n) is 7.45. The molecule has 1 aliphatic rings. The summed E-state index contributed by atoms with van der Waals surface area (Å²) in [5.74, 6) is 6.58. The van der Waals surface area contributed by atoms with E-state index in [1.54, 1.807) is 11.8 Å². The molecule has 2 nitrogen and oxygen atoms in total. The first kappa shape index (κ1) is 15.0. The first-order chi connectivity index (χ1) is 10.7. The van der Waals surface area contributed by atoms with Gasteiger partial charge >= 0.3 is 0 Å². The molecule has 2 aromatic rings. The summed E-state index contributed by atoms with van der Waals surface area (Å²) in [7, 11) is 2.01. The molecule has 0 saturated carbocycles. The number of hydrogen-bond acceptors (Lipinski definition) is 3. The third kappa shape index (κ3) is 2.49. The second-order valence-electron chi connectivity index (χ2n) is 5.37. The van der Waals surface area contributed by atoms with Gasteiger partial charge in [-0.2, -0.15) is 0 Å². The largest absolute Gasteiger partial charge is 0.389 e. The van der Waals surface area contributed by atoms with Crippen molar-refractivity contribution in [2.75, 3.05) is 11.9 Å². The lowest BCUT2D eigenvalue weighted by atomic mass is 10.1. The molecule has 2 aromatic carbocycles. The van der Waals surface area contributed by atoms with E-state index in [-0.39, 0.29) is 0 Å². The summed E-state index contributed by atoms with van der Waals surface area (Å²) in [6, 6.07) is 18.1. The maximum absolute atomic E-state index is 10.7. The summed E-state index contributed by atoms with van der Waals surface area (Å²) in [6.45, 7) is 1.99. The molecule has 0 amide bonds. The van der Waals surface area contributed by atoms with Crippen LogP contribution in [-0.4, -0.2) is 23.1 Å². The van der Waals surface area contributed by atoms with Crippen molar-refractivity contribution < 1.29 is 5.11 Å². The van der Waals surface area contributed by atoms with Crippen molar-refractivity contribution in [3.8, 4) is 11.8 Å². The van der Waals surface area contributed by atoms with Gasteiger partial charge in [-0.1, -0.05) is 60.9 Å². The lowest BCUT2D eigenvalue weighted by Gasteiger charge is -2.35. The van der Waals surface area contributed by atoms with Gasteiger partial charge in [0.1, 0.15) is 0 Å².